The van der Waals surface area contributed by atoms with Crippen molar-refractivity contribution in [1.82, 2.24) is 23.8 Å². The summed E-state index contributed by atoms with van der Waals surface area (Å²) in [5, 5.41) is 9.11. The molecule has 0 N–H and O–H groups in total. The summed E-state index contributed by atoms with van der Waals surface area (Å²) >= 11 is 1.85. The Morgan fingerprint density at radius 1 is 0.326 bits per heavy atom. The second kappa shape index (κ2) is 23.6. The number of nitrogens with zero attached hydrogens (tertiary/aromatic N) is 5. The number of hydrogen-bond acceptors (Lipinski definition) is 4. The SMILES string of the molecule is Cc1nc2c3[c-]cc(-c4ccccc4-c4cc(-c5ccccc5-c5c[c-]c6c(c5)c5ccccc5n5c(C)c(C)nc65)cc(-c5ccccc5-c5c[c-]c(-c6ccccn6)cc5-c5ccc6c(c5)sc5cc(-c7ccccc7)ccc56)c4)cc3c3ccccc3n2c1C.[CH3-].[Ir]. The zero-order valence-corrected chi connectivity index (χ0v) is 56.1. The molecule has 1 radical (unpaired) electrons. The number of aryl methyl sites for hydroxylation is 4. The van der Waals surface area contributed by atoms with Crippen LogP contribution in [0.2, 0.25) is 0 Å². The molecular formula is C88H59IrN5S-4. The van der Waals surface area contributed by atoms with E-state index in [1.54, 1.807) is 0 Å². The monoisotopic (exact) mass is 1410 g/mol. The number of hydrogen-bond donors (Lipinski definition) is 0. The molecule has 0 saturated carbocycles. The fourth-order valence-corrected chi connectivity index (χ4v) is 15.6. The molecule has 0 amide bonds. The van der Waals surface area contributed by atoms with Crippen molar-refractivity contribution >= 4 is 86.2 Å². The molecule has 0 bridgehead atoms. The van der Waals surface area contributed by atoms with Crippen LogP contribution in [0, 0.1) is 53.3 Å². The van der Waals surface area contributed by atoms with Gasteiger partial charge in [-0.05, 0) is 143 Å². The Morgan fingerprint density at radius 2 is 0.779 bits per heavy atom. The van der Waals surface area contributed by atoms with E-state index in [9.17, 15) is 0 Å². The first-order chi connectivity index (χ1) is 45.8. The molecule has 7 heteroatoms. The van der Waals surface area contributed by atoms with Gasteiger partial charge in [0.05, 0.1) is 11.3 Å². The molecule has 0 atom stereocenters. The maximum atomic E-state index is 5.13. The molecule has 6 heterocycles. The van der Waals surface area contributed by atoms with Gasteiger partial charge in [0.25, 0.3) is 0 Å². The van der Waals surface area contributed by atoms with E-state index in [1.807, 2.05) is 29.7 Å². The average Bonchev–Trinajstić information content (AvgIpc) is 1.70. The summed E-state index contributed by atoms with van der Waals surface area (Å²) < 4.78 is 7.09. The molecule has 18 rings (SSSR count). The molecule has 0 aliphatic heterocycles. The van der Waals surface area contributed by atoms with Crippen molar-refractivity contribution in [3.8, 4) is 100 Å². The average molecular weight is 1410 g/mol. The van der Waals surface area contributed by atoms with Crippen molar-refractivity contribution in [2.45, 2.75) is 27.7 Å². The van der Waals surface area contributed by atoms with Crippen LogP contribution < -0.4 is 0 Å². The van der Waals surface area contributed by atoms with Crippen molar-refractivity contribution in [3.05, 3.63) is 315 Å². The minimum absolute atomic E-state index is 0. The first-order valence-electron chi connectivity index (χ1n) is 31.6. The van der Waals surface area contributed by atoms with Crippen molar-refractivity contribution in [2.75, 3.05) is 0 Å². The molecule has 0 spiro atoms. The van der Waals surface area contributed by atoms with Gasteiger partial charge < -0.3 is 21.2 Å². The number of thiophene rings is 1. The molecule has 95 heavy (non-hydrogen) atoms. The third-order valence-electron chi connectivity index (χ3n) is 19.2. The fraction of sp³-hybridized carbons (Fsp3) is 0.0455. The van der Waals surface area contributed by atoms with E-state index in [2.05, 4.69) is 303 Å². The van der Waals surface area contributed by atoms with Gasteiger partial charge in [0.1, 0.15) is 0 Å². The summed E-state index contributed by atoms with van der Waals surface area (Å²) in [4.78, 5) is 15.1. The number of para-hydroxylation sites is 2. The summed E-state index contributed by atoms with van der Waals surface area (Å²) in [6.07, 6.45) is 1.86. The van der Waals surface area contributed by atoms with E-state index in [1.165, 1.54) is 31.3 Å². The summed E-state index contributed by atoms with van der Waals surface area (Å²) in [6, 6.07) is 107. The largest absolute Gasteiger partial charge is 0.358 e. The Hall–Kier alpha value is -10.9. The molecule has 5 nitrogen and oxygen atoms in total. The fourth-order valence-electron chi connectivity index (χ4n) is 14.5. The number of benzene rings is 12. The van der Waals surface area contributed by atoms with Crippen LogP contribution in [-0.2, 0) is 20.1 Å². The van der Waals surface area contributed by atoms with E-state index < -0.39 is 0 Å². The molecule has 0 unspecified atom stereocenters. The molecule has 0 fully saturated rings. The Morgan fingerprint density at radius 3 is 1.31 bits per heavy atom. The van der Waals surface area contributed by atoms with Crippen LogP contribution in [0.5, 0.6) is 0 Å². The molecule has 0 aliphatic rings. The quantitative estimate of drug-likeness (QED) is 0.107. The van der Waals surface area contributed by atoms with E-state index in [4.69, 9.17) is 15.0 Å². The van der Waals surface area contributed by atoms with Crippen LogP contribution in [0.15, 0.2) is 267 Å². The van der Waals surface area contributed by atoms with E-state index in [0.717, 1.165) is 167 Å². The number of fused-ring (bicyclic) bond motifs is 15. The van der Waals surface area contributed by atoms with Crippen molar-refractivity contribution in [1.29, 1.82) is 0 Å². The van der Waals surface area contributed by atoms with Gasteiger partial charge in [-0.2, -0.15) is 0 Å². The minimum atomic E-state index is 0. The number of rotatable bonds is 9. The molecular weight excluding hydrogens is 1350 g/mol. The molecule has 12 aromatic carbocycles. The van der Waals surface area contributed by atoms with Crippen LogP contribution in [0.3, 0.4) is 0 Å². The smallest absolute Gasteiger partial charge is 0.0614 e. The molecule has 0 aliphatic carbocycles. The van der Waals surface area contributed by atoms with Crippen LogP contribution in [-0.4, -0.2) is 23.8 Å². The van der Waals surface area contributed by atoms with Gasteiger partial charge >= 0.3 is 0 Å². The predicted octanol–water partition coefficient (Wildman–Crippen LogP) is 23.4. The Balaban J connectivity index is 0.00000356. The topological polar surface area (TPSA) is 47.5 Å². The second-order valence-corrected chi connectivity index (χ2v) is 25.6. The third kappa shape index (κ3) is 9.72. The molecule has 0 saturated heterocycles. The van der Waals surface area contributed by atoms with Gasteiger partial charge in [0, 0.05) is 80.3 Å². The van der Waals surface area contributed by atoms with Crippen LogP contribution in [0.25, 0.3) is 175 Å². The van der Waals surface area contributed by atoms with Crippen LogP contribution in [0.4, 0.5) is 0 Å². The van der Waals surface area contributed by atoms with E-state index in [-0.39, 0.29) is 27.5 Å². The second-order valence-electron chi connectivity index (χ2n) is 24.5. The van der Waals surface area contributed by atoms with Crippen molar-refractivity contribution in [2.24, 2.45) is 0 Å². The van der Waals surface area contributed by atoms with Gasteiger partial charge in [-0.15, -0.1) is 82.3 Å². The molecule has 18 aromatic rings. The summed E-state index contributed by atoms with van der Waals surface area (Å²) in [6.45, 7) is 8.51. The summed E-state index contributed by atoms with van der Waals surface area (Å²) in [5.74, 6) is 0. The Labute approximate surface area is 569 Å². The predicted molar refractivity (Wildman–Crippen MR) is 395 cm³/mol. The van der Waals surface area contributed by atoms with Gasteiger partial charge in [-0.3, -0.25) is 9.97 Å². The summed E-state index contributed by atoms with van der Waals surface area (Å²) in [7, 11) is 0. The maximum absolute atomic E-state index is 5.13. The zero-order chi connectivity index (χ0) is 62.0. The first-order valence-corrected chi connectivity index (χ1v) is 32.5. The maximum Gasteiger partial charge on any atom is 0.0614 e. The zero-order valence-electron chi connectivity index (χ0n) is 52.9. The molecule has 455 valence electrons. The number of pyridine rings is 3. The Bertz CT molecular complexity index is 5890. The third-order valence-corrected chi connectivity index (χ3v) is 20.3. The van der Waals surface area contributed by atoms with Gasteiger partial charge in [-0.1, -0.05) is 226 Å². The molecule has 6 aromatic heterocycles. The summed E-state index contributed by atoms with van der Waals surface area (Å²) in [5.41, 5.74) is 28.1. The normalized spacial score (nSPS) is 11.6. The van der Waals surface area contributed by atoms with Gasteiger partial charge in [-0.25, -0.2) is 0 Å². The van der Waals surface area contributed by atoms with Gasteiger partial charge in [0.15, 0.2) is 0 Å². The number of imidazole rings is 2. The number of aromatic nitrogens is 5. The standard InChI is InChI=1S/C87H56N5S.CH3.Ir/c1-52-54(3)91-82-31-16-14-28-72(82)79-47-58(35-41-76(79)86(91)89-52)65-22-8-10-24-67(65)62-44-63(68-25-11-9-23-66(68)59-36-42-77-80(48-59)73-29-15-17-32-83(73)92-55(4)53(2)90-87(77)92)46-64(45-62)69-26-12-13-27-70(69)71-38-37-61(81-30-18-19-43-88-81)49-78(71)60-34-40-75-74-39-33-57(56-20-6-5-7-21-56)50-84(74)93-85(75)51-60;;/h5-36,38-40,43-51H,1-4H3;1H3;/q-3;-1;. The Kier molecular flexibility index (Phi) is 14.7. The van der Waals surface area contributed by atoms with Crippen molar-refractivity contribution in [3.63, 3.8) is 0 Å². The van der Waals surface area contributed by atoms with Gasteiger partial charge in [0.2, 0.25) is 0 Å². The van der Waals surface area contributed by atoms with Crippen LogP contribution >= 0.6 is 11.3 Å². The first kappa shape index (κ1) is 59.1. The minimum Gasteiger partial charge on any atom is -0.358 e. The van der Waals surface area contributed by atoms with E-state index in [0.29, 0.717) is 0 Å². The van der Waals surface area contributed by atoms with E-state index >= 15 is 0 Å². The van der Waals surface area contributed by atoms with Crippen molar-refractivity contribution < 1.29 is 20.1 Å². The van der Waals surface area contributed by atoms with Crippen LogP contribution in [0.1, 0.15) is 22.8 Å².